The summed E-state index contributed by atoms with van der Waals surface area (Å²) in [6.07, 6.45) is 4.61. The van der Waals surface area contributed by atoms with Gasteiger partial charge in [-0.3, -0.25) is 4.79 Å². The topological polar surface area (TPSA) is 55.1 Å². The van der Waals surface area contributed by atoms with Crippen LogP contribution >= 0.6 is 0 Å². The Hall–Kier alpha value is -1.35. The summed E-state index contributed by atoms with van der Waals surface area (Å²) < 4.78 is 0. The molecule has 2 rings (SSSR count). The number of aryl methyl sites for hydroxylation is 1. The van der Waals surface area contributed by atoms with Gasteiger partial charge in [0.2, 0.25) is 0 Å². The van der Waals surface area contributed by atoms with Crippen LogP contribution in [0.5, 0.6) is 0 Å². The lowest BCUT2D eigenvalue weighted by Gasteiger charge is -2.31. The fraction of sp³-hybridized carbons (Fsp3) is 0.533. The molecule has 1 aliphatic carbocycles. The summed E-state index contributed by atoms with van der Waals surface area (Å²) in [6, 6.07) is 7.94. The van der Waals surface area contributed by atoms with E-state index in [9.17, 15) is 4.79 Å². The highest BCUT2D eigenvalue weighted by Crippen LogP contribution is 2.23. The van der Waals surface area contributed by atoms with Gasteiger partial charge >= 0.3 is 0 Å². The number of carbonyl (C=O) groups is 1. The van der Waals surface area contributed by atoms with Crippen LogP contribution in [-0.4, -0.2) is 18.5 Å². The molecule has 0 spiro atoms. The van der Waals surface area contributed by atoms with Crippen LogP contribution in [-0.2, 0) is 0 Å². The first-order valence-electron chi connectivity index (χ1n) is 6.78. The average molecular weight is 246 g/mol. The summed E-state index contributed by atoms with van der Waals surface area (Å²) in [4.78, 5) is 12.1. The Balaban J connectivity index is 1.99. The minimum Gasteiger partial charge on any atom is -0.349 e. The van der Waals surface area contributed by atoms with Gasteiger partial charge in [-0.15, -0.1) is 0 Å². The van der Waals surface area contributed by atoms with E-state index in [2.05, 4.69) is 5.32 Å². The van der Waals surface area contributed by atoms with Crippen LogP contribution < -0.4 is 11.1 Å². The fourth-order valence-corrected chi connectivity index (χ4v) is 2.64. The molecule has 1 aromatic carbocycles. The van der Waals surface area contributed by atoms with Gasteiger partial charge in [0.05, 0.1) is 0 Å². The number of benzene rings is 1. The zero-order valence-corrected chi connectivity index (χ0v) is 11.0. The van der Waals surface area contributed by atoms with E-state index in [-0.39, 0.29) is 11.9 Å². The predicted molar refractivity (Wildman–Crippen MR) is 73.4 cm³/mol. The third-order valence-corrected chi connectivity index (χ3v) is 3.84. The minimum atomic E-state index is 0.0281. The van der Waals surface area contributed by atoms with Crippen molar-refractivity contribution in [2.45, 2.75) is 38.6 Å². The number of carbonyl (C=O) groups excluding carboxylic acids is 1. The third-order valence-electron chi connectivity index (χ3n) is 3.84. The largest absolute Gasteiger partial charge is 0.349 e. The number of hydrogen-bond acceptors (Lipinski definition) is 2. The predicted octanol–water partition coefficient (Wildman–Crippen LogP) is 2.24. The van der Waals surface area contributed by atoms with Crippen LogP contribution in [0.1, 0.15) is 41.6 Å². The number of nitrogens with two attached hydrogens (primary N) is 1. The van der Waals surface area contributed by atoms with Crippen molar-refractivity contribution in [3.05, 3.63) is 35.4 Å². The van der Waals surface area contributed by atoms with Gasteiger partial charge in [-0.1, -0.05) is 30.5 Å². The zero-order valence-electron chi connectivity index (χ0n) is 11.0. The molecule has 1 saturated carbocycles. The Kier molecular flexibility index (Phi) is 4.37. The summed E-state index contributed by atoms with van der Waals surface area (Å²) in [6.45, 7) is 2.69. The molecule has 2 atom stereocenters. The van der Waals surface area contributed by atoms with Crippen molar-refractivity contribution in [1.29, 1.82) is 0 Å². The molecular formula is C15H22N2O. The number of hydrogen-bond donors (Lipinski definition) is 2. The van der Waals surface area contributed by atoms with E-state index in [1.165, 1.54) is 18.4 Å². The van der Waals surface area contributed by atoms with E-state index in [0.29, 0.717) is 12.5 Å². The summed E-state index contributed by atoms with van der Waals surface area (Å²) in [5.41, 5.74) is 7.68. The molecule has 0 aliphatic heterocycles. The maximum absolute atomic E-state index is 12.1. The SMILES string of the molecule is Cc1ccc(C(=O)NC2CCCCC2CN)cc1. The zero-order chi connectivity index (χ0) is 13.0. The van der Waals surface area contributed by atoms with Crippen molar-refractivity contribution in [2.24, 2.45) is 11.7 Å². The van der Waals surface area contributed by atoms with Crippen molar-refractivity contribution < 1.29 is 4.79 Å². The van der Waals surface area contributed by atoms with Crippen molar-refractivity contribution in [1.82, 2.24) is 5.32 Å². The number of rotatable bonds is 3. The Morgan fingerprint density at radius 1 is 1.28 bits per heavy atom. The molecule has 3 N–H and O–H groups in total. The lowest BCUT2D eigenvalue weighted by atomic mass is 9.84. The van der Waals surface area contributed by atoms with Gasteiger partial charge in [0, 0.05) is 11.6 Å². The highest BCUT2D eigenvalue weighted by Gasteiger charge is 2.25. The van der Waals surface area contributed by atoms with Crippen LogP contribution in [0.2, 0.25) is 0 Å². The molecule has 0 heterocycles. The molecule has 1 aliphatic rings. The van der Waals surface area contributed by atoms with Crippen molar-refractivity contribution >= 4 is 5.91 Å². The maximum Gasteiger partial charge on any atom is 0.251 e. The van der Waals surface area contributed by atoms with Crippen LogP contribution in [0, 0.1) is 12.8 Å². The Labute approximate surface area is 109 Å². The standard InChI is InChI=1S/C15H22N2O/c1-11-6-8-12(9-7-11)15(18)17-14-5-3-2-4-13(14)10-16/h6-9,13-14H,2-5,10,16H2,1H3,(H,17,18). The molecular weight excluding hydrogens is 224 g/mol. The Morgan fingerprint density at radius 3 is 2.61 bits per heavy atom. The van der Waals surface area contributed by atoms with Gasteiger partial charge in [0.25, 0.3) is 5.91 Å². The lowest BCUT2D eigenvalue weighted by molar-refractivity contribution is 0.0908. The molecule has 98 valence electrons. The first-order valence-corrected chi connectivity index (χ1v) is 6.78. The average Bonchev–Trinajstić information content (AvgIpc) is 2.40. The van der Waals surface area contributed by atoms with Crippen LogP contribution in [0.3, 0.4) is 0 Å². The van der Waals surface area contributed by atoms with Gasteiger partial charge in [0.15, 0.2) is 0 Å². The van der Waals surface area contributed by atoms with Gasteiger partial charge < -0.3 is 11.1 Å². The Morgan fingerprint density at radius 2 is 1.94 bits per heavy atom. The van der Waals surface area contributed by atoms with Crippen molar-refractivity contribution in [3.8, 4) is 0 Å². The van der Waals surface area contributed by atoms with Gasteiger partial charge in [0.1, 0.15) is 0 Å². The molecule has 1 amide bonds. The smallest absolute Gasteiger partial charge is 0.251 e. The number of nitrogens with one attached hydrogen (secondary N) is 1. The van der Waals surface area contributed by atoms with E-state index >= 15 is 0 Å². The monoisotopic (exact) mass is 246 g/mol. The summed E-state index contributed by atoms with van der Waals surface area (Å²) in [5, 5.41) is 3.14. The third kappa shape index (κ3) is 3.10. The van der Waals surface area contributed by atoms with Crippen LogP contribution in [0.25, 0.3) is 0 Å². The molecule has 3 nitrogen and oxygen atoms in total. The second-order valence-corrected chi connectivity index (χ2v) is 5.23. The summed E-state index contributed by atoms with van der Waals surface area (Å²) in [5.74, 6) is 0.466. The van der Waals surface area contributed by atoms with E-state index in [1.807, 2.05) is 31.2 Å². The quantitative estimate of drug-likeness (QED) is 0.859. The Bertz CT molecular complexity index is 399. The first-order chi connectivity index (χ1) is 8.70. The van der Waals surface area contributed by atoms with Crippen molar-refractivity contribution in [3.63, 3.8) is 0 Å². The second-order valence-electron chi connectivity index (χ2n) is 5.23. The molecule has 1 fully saturated rings. The minimum absolute atomic E-state index is 0.0281. The van der Waals surface area contributed by atoms with Gasteiger partial charge in [-0.05, 0) is 44.4 Å². The highest BCUT2D eigenvalue weighted by atomic mass is 16.1. The van der Waals surface area contributed by atoms with E-state index in [0.717, 1.165) is 18.4 Å². The van der Waals surface area contributed by atoms with E-state index in [1.54, 1.807) is 0 Å². The molecule has 18 heavy (non-hydrogen) atoms. The molecule has 0 aromatic heterocycles. The normalized spacial score (nSPS) is 23.7. The molecule has 1 aromatic rings. The molecule has 0 saturated heterocycles. The van der Waals surface area contributed by atoms with Gasteiger partial charge in [-0.2, -0.15) is 0 Å². The van der Waals surface area contributed by atoms with Gasteiger partial charge in [-0.25, -0.2) is 0 Å². The molecule has 3 heteroatoms. The molecule has 0 radical (unpaired) electrons. The van der Waals surface area contributed by atoms with Crippen LogP contribution in [0.15, 0.2) is 24.3 Å². The molecule has 0 bridgehead atoms. The van der Waals surface area contributed by atoms with Crippen molar-refractivity contribution in [2.75, 3.05) is 6.54 Å². The fourth-order valence-electron chi connectivity index (χ4n) is 2.64. The first kappa shape index (κ1) is 13.1. The second kappa shape index (κ2) is 6.01. The summed E-state index contributed by atoms with van der Waals surface area (Å²) >= 11 is 0. The lowest BCUT2D eigenvalue weighted by Crippen LogP contribution is -2.44. The van der Waals surface area contributed by atoms with E-state index < -0.39 is 0 Å². The molecule has 2 unspecified atom stereocenters. The van der Waals surface area contributed by atoms with Crippen LogP contribution in [0.4, 0.5) is 0 Å². The van der Waals surface area contributed by atoms with E-state index in [4.69, 9.17) is 5.73 Å². The summed E-state index contributed by atoms with van der Waals surface area (Å²) in [7, 11) is 0. The highest BCUT2D eigenvalue weighted by molar-refractivity contribution is 5.94. The number of amides is 1. The maximum atomic E-state index is 12.1.